The Morgan fingerprint density at radius 2 is 2.00 bits per heavy atom. The van der Waals surface area contributed by atoms with Gasteiger partial charge >= 0.3 is 5.97 Å². The molecular formula is C17H17N3O3. The molecule has 0 aliphatic heterocycles. The lowest BCUT2D eigenvalue weighted by Crippen LogP contribution is -2.28. The van der Waals surface area contributed by atoms with E-state index in [1.54, 1.807) is 28.9 Å². The largest absolute Gasteiger partial charge is 0.452 e. The zero-order valence-corrected chi connectivity index (χ0v) is 13.0. The lowest BCUT2D eigenvalue weighted by atomic mass is 10.2. The van der Waals surface area contributed by atoms with Gasteiger partial charge in [-0.25, -0.2) is 9.48 Å². The Bertz CT molecular complexity index is 754. The van der Waals surface area contributed by atoms with Crippen molar-refractivity contribution < 1.29 is 14.3 Å². The Balaban J connectivity index is 1.99. The molecule has 1 amide bonds. The average molecular weight is 311 g/mol. The first-order chi connectivity index (χ1) is 11.0. The number of amides is 1. The molecule has 0 atom stereocenters. The number of carbonyl (C=O) groups is 2. The molecule has 0 unspecified atom stereocenters. The van der Waals surface area contributed by atoms with E-state index in [0.29, 0.717) is 5.56 Å². The van der Waals surface area contributed by atoms with Crippen LogP contribution in [-0.4, -0.2) is 34.8 Å². The molecule has 1 N–H and O–H groups in total. The van der Waals surface area contributed by atoms with Crippen LogP contribution in [0.25, 0.3) is 5.69 Å². The molecule has 0 fully saturated rings. The summed E-state index contributed by atoms with van der Waals surface area (Å²) in [6.45, 7) is 3.62. The van der Waals surface area contributed by atoms with Gasteiger partial charge in [0.05, 0.1) is 23.5 Å². The van der Waals surface area contributed by atoms with Crippen LogP contribution < -0.4 is 5.32 Å². The predicted molar refractivity (Wildman–Crippen MR) is 85.2 cm³/mol. The van der Waals surface area contributed by atoms with Gasteiger partial charge in [-0.2, -0.15) is 5.10 Å². The van der Waals surface area contributed by atoms with Gasteiger partial charge in [0.2, 0.25) is 0 Å². The van der Waals surface area contributed by atoms with Crippen LogP contribution in [-0.2, 0) is 9.53 Å². The standard InChI is InChI=1S/C17H17N3O3/c1-4-9-18-16(21)11-23-17(22)14-5-7-15(8-6-14)20-13(3)10-12(2)19-20/h1,5-8,10H,9,11H2,2-3H3,(H,18,21). The molecule has 118 valence electrons. The molecule has 23 heavy (non-hydrogen) atoms. The summed E-state index contributed by atoms with van der Waals surface area (Å²) in [6.07, 6.45) is 5.02. The van der Waals surface area contributed by atoms with Crippen LogP contribution in [0.15, 0.2) is 30.3 Å². The number of carbonyl (C=O) groups excluding carboxylic acids is 2. The molecule has 1 aromatic carbocycles. The van der Waals surface area contributed by atoms with Crippen molar-refractivity contribution in [1.82, 2.24) is 15.1 Å². The Kier molecular flexibility index (Phi) is 5.15. The monoisotopic (exact) mass is 311 g/mol. The maximum Gasteiger partial charge on any atom is 0.338 e. The van der Waals surface area contributed by atoms with E-state index >= 15 is 0 Å². The summed E-state index contributed by atoms with van der Waals surface area (Å²) in [4.78, 5) is 23.2. The smallest absolute Gasteiger partial charge is 0.338 e. The number of hydrogen-bond donors (Lipinski definition) is 1. The zero-order chi connectivity index (χ0) is 16.8. The number of esters is 1. The second-order valence-electron chi connectivity index (χ2n) is 4.94. The van der Waals surface area contributed by atoms with E-state index in [0.717, 1.165) is 17.1 Å². The Labute approximate surface area is 134 Å². The van der Waals surface area contributed by atoms with Gasteiger partial charge in [-0.1, -0.05) is 5.92 Å². The summed E-state index contributed by atoms with van der Waals surface area (Å²) < 4.78 is 6.71. The fourth-order valence-electron chi connectivity index (χ4n) is 2.04. The van der Waals surface area contributed by atoms with Gasteiger partial charge in [-0.3, -0.25) is 4.79 Å². The van der Waals surface area contributed by atoms with E-state index in [9.17, 15) is 9.59 Å². The summed E-state index contributed by atoms with van der Waals surface area (Å²) >= 11 is 0. The van der Waals surface area contributed by atoms with Crippen molar-refractivity contribution in [1.29, 1.82) is 0 Å². The van der Waals surface area contributed by atoms with E-state index in [1.807, 2.05) is 19.9 Å². The highest BCUT2D eigenvalue weighted by molar-refractivity contribution is 5.91. The molecule has 0 aliphatic rings. The van der Waals surface area contributed by atoms with Crippen molar-refractivity contribution in [3.05, 3.63) is 47.3 Å². The topological polar surface area (TPSA) is 73.2 Å². The molecule has 0 bridgehead atoms. The van der Waals surface area contributed by atoms with Crippen molar-refractivity contribution in [3.63, 3.8) is 0 Å². The zero-order valence-electron chi connectivity index (χ0n) is 13.0. The van der Waals surface area contributed by atoms with Crippen molar-refractivity contribution in [2.45, 2.75) is 13.8 Å². The van der Waals surface area contributed by atoms with Gasteiger partial charge in [-0.05, 0) is 44.2 Å². The van der Waals surface area contributed by atoms with Gasteiger partial charge in [0.25, 0.3) is 5.91 Å². The fourth-order valence-corrected chi connectivity index (χ4v) is 2.04. The summed E-state index contributed by atoms with van der Waals surface area (Å²) in [5, 5.41) is 6.79. The van der Waals surface area contributed by atoms with Crippen LogP contribution in [0, 0.1) is 26.2 Å². The van der Waals surface area contributed by atoms with Crippen LogP contribution in [0.4, 0.5) is 0 Å². The highest BCUT2D eigenvalue weighted by Gasteiger charge is 2.11. The third kappa shape index (κ3) is 4.20. The van der Waals surface area contributed by atoms with E-state index in [-0.39, 0.29) is 13.2 Å². The number of nitrogens with zero attached hydrogens (tertiary/aromatic N) is 2. The second-order valence-corrected chi connectivity index (χ2v) is 4.94. The number of aryl methyl sites for hydroxylation is 2. The summed E-state index contributed by atoms with van der Waals surface area (Å²) in [5.41, 5.74) is 3.13. The fraction of sp³-hybridized carbons (Fsp3) is 0.235. The summed E-state index contributed by atoms with van der Waals surface area (Å²) in [5.74, 6) is 1.26. The van der Waals surface area contributed by atoms with E-state index in [2.05, 4.69) is 16.3 Å². The SMILES string of the molecule is C#CCNC(=O)COC(=O)c1ccc(-n2nc(C)cc2C)cc1. The average Bonchev–Trinajstić information content (AvgIpc) is 2.89. The third-order valence-corrected chi connectivity index (χ3v) is 3.08. The van der Waals surface area contributed by atoms with Crippen molar-refractivity contribution in [2.24, 2.45) is 0 Å². The Morgan fingerprint density at radius 3 is 2.57 bits per heavy atom. The van der Waals surface area contributed by atoms with Crippen LogP contribution in [0.1, 0.15) is 21.7 Å². The number of ether oxygens (including phenoxy) is 1. The normalized spacial score (nSPS) is 9.96. The lowest BCUT2D eigenvalue weighted by molar-refractivity contribution is -0.123. The maximum absolute atomic E-state index is 11.9. The maximum atomic E-state index is 11.9. The minimum Gasteiger partial charge on any atom is -0.452 e. The molecule has 0 spiro atoms. The molecular weight excluding hydrogens is 294 g/mol. The minimum absolute atomic E-state index is 0.105. The van der Waals surface area contributed by atoms with Crippen molar-refractivity contribution >= 4 is 11.9 Å². The molecule has 0 saturated heterocycles. The highest BCUT2D eigenvalue weighted by atomic mass is 16.5. The molecule has 1 aromatic heterocycles. The molecule has 2 rings (SSSR count). The van der Waals surface area contributed by atoms with Crippen LogP contribution in [0.3, 0.4) is 0 Å². The number of aromatic nitrogens is 2. The van der Waals surface area contributed by atoms with Crippen molar-refractivity contribution in [3.8, 4) is 18.0 Å². The minimum atomic E-state index is -0.569. The first-order valence-corrected chi connectivity index (χ1v) is 7.02. The van der Waals surface area contributed by atoms with Gasteiger partial charge in [0.15, 0.2) is 6.61 Å². The molecule has 2 aromatic rings. The van der Waals surface area contributed by atoms with E-state index in [1.165, 1.54) is 0 Å². The number of terminal acetylenes is 1. The predicted octanol–water partition coefficient (Wildman–Crippen LogP) is 1.40. The Morgan fingerprint density at radius 1 is 1.30 bits per heavy atom. The first-order valence-electron chi connectivity index (χ1n) is 7.02. The van der Waals surface area contributed by atoms with Crippen molar-refractivity contribution in [2.75, 3.05) is 13.2 Å². The van der Waals surface area contributed by atoms with Crippen LogP contribution in [0.5, 0.6) is 0 Å². The summed E-state index contributed by atoms with van der Waals surface area (Å²) in [6, 6.07) is 8.78. The Hall–Kier alpha value is -3.07. The van der Waals surface area contributed by atoms with Gasteiger partial charge in [0.1, 0.15) is 0 Å². The van der Waals surface area contributed by atoms with Crippen LogP contribution >= 0.6 is 0 Å². The number of benzene rings is 1. The van der Waals surface area contributed by atoms with E-state index < -0.39 is 11.9 Å². The lowest BCUT2D eigenvalue weighted by Gasteiger charge is -2.07. The second kappa shape index (κ2) is 7.27. The van der Waals surface area contributed by atoms with Gasteiger partial charge in [0, 0.05) is 5.69 Å². The van der Waals surface area contributed by atoms with Gasteiger partial charge in [-0.15, -0.1) is 6.42 Å². The molecule has 6 nitrogen and oxygen atoms in total. The van der Waals surface area contributed by atoms with Crippen LogP contribution in [0.2, 0.25) is 0 Å². The summed E-state index contributed by atoms with van der Waals surface area (Å²) in [7, 11) is 0. The first kappa shape index (κ1) is 16.3. The molecule has 0 radical (unpaired) electrons. The number of rotatable bonds is 5. The van der Waals surface area contributed by atoms with E-state index in [4.69, 9.17) is 11.2 Å². The molecule has 0 saturated carbocycles. The molecule has 0 aliphatic carbocycles. The third-order valence-electron chi connectivity index (χ3n) is 3.08. The van der Waals surface area contributed by atoms with Gasteiger partial charge < -0.3 is 10.1 Å². The molecule has 6 heteroatoms. The molecule has 1 heterocycles. The quantitative estimate of drug-likeness (QED) is 0.669. The number of hydrogen-bond acceptors (Lipinski definition) is 4. The highest BCUT2D eigenvalue weighted by Crippen LogP contribution is 2.13. The number of nitrogens with one attached hydrogen (secondary N) is 1.